The summed E-state index contributed by atoms with van der Waals surface area (Å²) in [5.41, 5.74) is 1.29. The Morgan fingerprint density at radius 3 is 2.08 bits per heavy atom. The molecule has 0 radical (unpaired) electrons. The molecule has 2 aromatic rings. The van der Waals surface area contributed by atoms with Crippen LogP contribution < -0.4 is 10.4 Å². The van der Waals surface area contributed by atoms with E-state index < -0.39 is 66.8 Å². The van der Waals surface area contributed by atoms with Crippen molar-refractivity contribution in [3.63, 3.8) is 0 Å². The maximum Gasteiger partial charge on any atom is 0.339 e. The van der Waals surface area contributed by atoms with E-state index in [-0.39, 0.29) is 16.4 Å². The van der Waals surface area contributed by atoms with Gasteiger partial charge in [0, 0.05) is 44.7 Å². The number of ether oxygens (including phenoxy) is 6. The highest BCUT2D eigenvalue weighted by Crippen LogP contribution is 2.37. The Balaban J connectivity index is 1.76. The zero-order chi connectivity index (χ0) is 29.1. The number of esters is 4. The molecule has 12 nitrogen and oxygen atoms in total. The minimum absolute atomic E-state index is 0.00831. The largest absolute Gasteiger partial charge is 0.463 e. The van der Waals surface area contributed by atoms with Crippen molar-refractivity contribution < 1.29 is 52.0 Å². The Labute approximate surface area is 233 Å². The van der Waals surface area contributed by atoms with Gasteiger partial charge in [0.25, 0.3) is 0 Å². The van der Waals surface area contributed by atoms with E-state index in [1.54, 1.807) is 6.07 Å². The lowest BCUT2D eigenvalue weighted by Crippen LogP contribution is -2.63. The molecule has 216 valence electrons. The molecule has 1 aliphatic carbocycles. The summed E-state index contributed by atoms with van der Waals surface area (Å²) >= 11 is 6.58. The second kappa shape index (κ2) is 12.3. The first-order valence-corrected chi connectivity index (χ1v) is 13.1. The van der Waals surface area contributed by atoms with E-state index in [9.17, 15) is 24.0 Å². The molecule has 1 fully saturated rings. The molecule has 40 heavy (non-hydrogen) atoms. The first-order chi connectivity index (χ1) is 18.9. The van der Waals surface area contributed by atoms with Crippen LogP contribution in [0.2, 0.25) is 5.02 Å². The number of carbonyl (C=O) groups is 4. The molecule has 1 saturated heterocycles. The van der Waals surface area contributed by atoms with Crippen LogP contribution in [0.1, 0.15) is 51.7 Å². The van der Waals surface area contributed by atoms with Crippen LogP contribution in [-0.2, 0) is 55.7 Å². The third-order valence-electron chi connectivity index (χ3n) is 6.47. The van der Waals surface area contributed by atoms with Crippen molar-refractivity contribution in [2.75, 3.05) is 6.61 Å². The number of fused-ring (bicyclic) bond motifs is 3. The van der Waals surface area contributed by atoms with Crippen LogP contribution in [0.3, 0.4) is 0 Å². The van der Waals surface area contributed by atoms with Crippen LogP contribution in [0.25, 0.3) is 11.0 Å². The molecule has 5 atom stereocenters. The van der Waals surface area contributed by atoms with Gasteiger partial charge in [-0.3, -0.25) is 19.2 Å². The summed E-state index contributed by atoms with van der Waals surface area (Å²) in [5.74, 6) is -2.95. The molecular formula is C27H29ClO12. The Kier molecular flexibility index (Phi) is 8.99. The van der Waals surface area contributed by atoms with Gasteiger partial charge in [0.2, 0.25) is 12.4 Å². The van der Waals surface area contributed by atoms with E-state index in [2.05, 4.69) is 0 Å². The lowest BCUT2D eigenvalue weighted by atomic mass is 9.90. The third-order valence-corrected chi connectivity index (χ3v) is 6.76. The molecule has 2 heterocycles. The fourth-order valence-electron chi connectivity index (χ4n) is 4.94. The van der Waals surface area contributed by atoms with Gasteiger partial charge in [0.1, 0.15) is 24.0 Å². The minimum atomic E-state index is -1.49. The predicted octanol–water partition coefficient (Wildman–Crippen LogP) is 2.79. The van der Waals surface area contributed by atoms with E-state index in [4.69, 9.17) is 44.4 Å². The molecule has 0 unspecified atom stereocenters. The van der Waals surface area contributed by atoms with Crippen molar-refractivity contribution in [2.45, 2.75) is 84.1 Å². The summed E-state index contributed by atoms with van der Waals surface area (Å²) in [6.45, 7) is 4.12. The lowest BCUT2D eigenvalue weighted by Gasteiger charge is -2.44. The van der Waals surface area contributed by atoms with Gasteiger partial charge in [-0.25, -0.2) is 4.79 Å². The molecule has 0 bridgehead atoms. The van der Waals surface area contributed by atoms with Gasteiger partial charge in [-0.05, 0) is 37.3 Å². The zero-order valence-electron chi connectivity index (χ0n) is 22.4. The van der Waals surface area contributed by atoms with E-state index in [1.165, 1.54) is 13.0 Å². The highest BCUT2D eigenvalue weighted by Gasteiger charge is 2.53. The maximum atomic E-state index is 12.6. The van der Waals surface area contributed by atoms with E-state index >= 15 is 0 Å². The standard InChI is InChI=1S/C27H29ClO12/c1-12(29)34-11-22-23(35-13(2)30)24(36-14(3)31)25(37-15(4)32)27(40-22)39-21-10-20-18(9-19(21)28)16-7-5-6-8-17(16)26(33)38-20/h9-10,22-25,27H,5-8,11H2,1-4H3/t22-,23-,24+,25-,27+/m0/s1. The average molecular weight is 581 g/mol. The molecule has 4 rings (SSSR count). The highest BCUT2D eigenvalue weighted by atomic mass is 35.5. The van der Waals surface area contributed by atoms with Gasteiger partial charge in [0.15, 0.2) is 12.2 Å². The fourth-order valence-corrected chi connectivity index (χ4v) is 5.15. The van der Waals surface area contributed by atoms with Crippen molar-refractivity contribution in [3.05, 3.63) is 38.7 Å². The van der Waals surface area contributed by atoms with Gasteiger partial charge in [-0.2, -0.15) is 0 Å². The van der Waals surface area contributed by atoms with Crippen molar-refractivity contribution in [1.29, 1.82) is 0 Å². The first-order valence-electron chi connectivity index (χ1n) is 12.7. The van der Waals surface area contributed by atoms with E-state index in [0.29, 0.717) is 23.8 Å². The van der Waals surface area contributed by atoms with Crippen molar-refractivity contribution in [1.82, 2.24) is 0 Å². The summed E-state index contributed by atoms with van der Waals surface area (Å²) in [4.78, 5) is 60.1. The van der Waals surface area contributed by atoms with Gasteiger partial charge in [0.05, 0.1) is 5.02 Å². The minimum Gasteiger partial charge on any atom is -0.463 e. The van der Waals surface area contributed by atoms with Gasteiger partial charge in [-0.15, -0.1) is 0 Å². The average Bonchev–Trinajstić information content (AvgIpc) is 2.87. The third kappa shape index (κ3) is 6.56. The fraction of sp³-hybridized carbons (Fsp3) is 0.519. The zero-order valence-corrected chi connectivity index (χ0v) is 23.1. The Morgan fingerprint density at radius 1 is 0.850 bits per heavy atom. The van der Waals surface area contributed by atoms with Crippen LogP contribution in [0.4, 0.5) is 0 Å². The number of halogens is 1. The number of carbonyl (C=O) groups excluding carboxylic acids is 4. The summed E-state index contributed by atoms with van der Waals surface area (Å²) < 4.78 is 38.8. The van der Waals surface area contributed by atoms with E-state index in [1.807, 2.05) is 0 Å². The molecule has 0 N–H and O–H groups in total. The highest BCUT2D eigenvalue weighted by molar-refractivity contribution is 6.32. The molecule has 1 aromatic carbocycles. The van der Waals surface area contributed by atoms with Crippen LogP contribution in [0.15, 0.2) is 21.3 Å². The number of hydrogen-bond acceptors (Lipinski definition) is 12. The van der Waals surface area contributed by atoms with Crippen LogP contribution >= 0.6 is 11.6 Å². The Hall–Kier alpha value is -3.64. The second-order valence-electron chi connectivity index (χ2n) is 9.52. The predicted molar refractivity (Wildman–Crippen MR) is 137 cm³/mol. The monoisotopic (exact) mass is 580 g/mol. The smallest absolute Gasteiger partial charge is 0.339 e. The summed E-state index contributed by atoms with van der Waals surface area (Å²) in [6.07, 6.45) is -3.73. The summed E-state index contributed by atoms with van der Waals surface area (Å²) in [5, 5.41) is 0.815. The van der Waals surface area contributed by atoms with Gasteiger partial charge < -0.3 is 32.8 Å². The second-order valence-corrected chi connectivity index (χ2v) is 9.93. The number of rotatable bonds is 7. The quantitative estimate of drug-likeness (QED) is 0.269. The van der Waals surface area contributed by atoms with E-state index in [0.717, 1.165) is 39.2 Å². The molecular weight excluding hydrogens is 552 g/mol. The summed E-state index contributed by atoms with van der Waals surface area (Å²) in [7, 11) is 0. The Morgan fingerprint density at radius 2 is 1.45 bits per heavy atom. The first kappa shape index (κ1) is 29.3. The lowest BCUT2D eigenvalue weighted by molar-refractivity contribution is -0.288. The van der Waals surface area contributed by atoms with Crippen LogP contribution in [-0.4, -0.2) is 61.2 Å². The van der Waals surface area contributed by atoms with Crippen molar-refractivity contribution >= 4 is 46.4 Å². The molecule has 1 aromatic heterocycles. The summed E-state index contributed by atoms with van der Waals surface area (Å²) in [6, 6.07) is 3.03. The van der Waals surface area contributed by atoms with Gasteiger partial charge >= 0.3 is 29.5 Å². The molecule has 1 aliphatic heterocycles. The number of hydrogen-bond donors (Lipinski definition) is 0. The van der Waals surface area contributed by atoms with Crippen LogP contribution in [0, 0.1) is 0 Å². The molecule has 0 spiro atoms. The van der Waals surface area contributed by atoms with Gasteiger partial charge in [-0.1, -0.05) is 11.6 Å². The number of aryl methyl sites for hydroxylation is 1. The maximum absolute atomic E-state index is 12.6. The van der Waals surface area contributed by atoms with Crippen molar-refractivity contribution in [2.24, 2.45) is 0 Å². The van der Waals surface area contributed by atoms with Crippen molar-refractivity contribution in [3.8, 4) is 5.75 Å². The molecule has 13 heteroatoms. The number of benzene rings is 1. The SMILES string of the molecule is CC(=O)OC[C@@H]1O[C@@H](Oc2cc3oc(=O)c4c(c3cc2Cl)CCCC4)[C@@H](OC(C)=O)[C@H](OC(C)=O)[C@H]1OC(C)=O. The Bertz CT molecular complexity index is 1380. The molecule has 0 amide bonds. The molecule has 2 aliphatic rings. The normalized spacial score (nSPS) is 24.0. The molecule has 0 saturated carbocycles. The topological polar surface area (TPSA) is 154 Å². The van der Waals surface area contributed by atoms with Crippen LogP contribution in [0.5, 0.6) is 5.75 Å².